The average molecular weight is 422 g/mol. The van der Waals surface area contributed by atoms with Gasteiger partial charge < -0.3 is 20.4 Å². The number of carbonyl (C=O) groups excluding carboxylic acids is 2. The Kier molecular flexibility index (Phi) is 6.70. The summed E-state index contributed by atoms with van der Waals surface area (Å²) in [5.74, 6) is 0.546. The van der Waals surface area contributed by atoms with Gasteiger partial charge in [0.15, 0.2) is 0 Å². The molecule has 0 aliphatic carbocycles. The van der Waals surface area contributed by atoms with Crippen molar-refractivity contribution in [1.29, 1.82) is 0 Å². The molecule has 0 unspecified atom stereocenters. The molecule has 0 saturated carbocycles. The molecule has 2 N–H and O–H groups in total. The van der Waals surface area contributed by atoms with Crippen LogP contribution >= 0.6 is 0 Å². The summed E-state index contributed by atoms with van der Waals surface area (Å²) in [5, 5.41) is 4.97. The van der Waals surface area contributed by atoms with Crippen LogP contribution in [-0.4, -0.2) is 59.5 Å². The van der Waals surface area contributed by atoms with Crippen molar-refractivity contribution in [3.63, 3.8) is 0 Å². The van der Waals surface area contributed by atoms with Gasteiger partial charge in [-0.05, 0) is 30.3 Å². The Morgan fingerprint density at radius 3 is 2.23 bits per heavy atom. The number of aromatic nitrogens is 2. The minimum absolute atomic E-state index is 0.0848. The Morgan fingerprint density at radius 1 is 1.00 bits per heavy atom. The fourth-order valence-electron chi connectivity index (χ4n) is 2.97. The highest BCUT2D eigenvalue weighted by molar-refractivity contribution is 5.89. The summed E-state index contributed by atoms with van der Waals surface area (Å²) in [6.07, 6.45) is -0.967. The van der Waals surface area contributed by atoms with Crippen LogP contribution in [0.3, 0.4) is 0 Å². The largest absolute Gasteiger partial charge is 0.416 e. The number of nitrogens with one attached hydrogen (secondary N) is 2. The Balaban J connectivity index is 1.37. The average Bonchev–Trinajstić information content (AvgIpc) is 2.74. The Morgan fingerprint density at radius 2 is 1.63 bits per heavy atom. The first-order valence-electron chi connectivity index (χ1n) is 9.35. The van der Waals surface area contributed by atoms with Gasteiger partial charge in [-0.3, -0.25) is 4.79 Å². The van der Waals surface area contributed by atoms with Crippen LogP contribution in [0, 0.1) is 0 Å². The summed E-state index contributed by atoms with van der Waals surface area (Å²) < 4.78 is 37.6. The van der Waals surface area contributed by atoms with Crippen LogP contribution in [0.4, 0.5) is 29.6 Å². The van der Waals surface area contributed by atoms with Gasteiger partial charge in [0.05, 0.1) is 5.56 Å². The summed E-state index contributed by atoms with van der Waals surface area (Å²) in [4.78, 5) is 36.3. The predicted octanol–water partition coefficient (Wildman–Crippen LogP) is 2.36. The van der Waals surface area contributed by atoms with Crippen LogP contribution in [-0.2, 0) is 11.0 Å². The second-order valence-electron chi connectivity index (χ2n) is 6.62. The summed E-state index contributed by atoms with van der Waals surface area (Å²) in [6.45, 7) is 2.44. The maximum Gasteiger partial charge on any atom is 0.416 e. The van der Waals surface area contributed by atoms with Crippen molar-refractivity contribution < 1.29 is 22.8 Å². The number of nitrogens with zero attached hydrogens (tertiary/aromatic N) is 4. The molecule has 1 fully saturated rings. The molecular weight excluding hydrogens is 401 g/mol. The molecule has 1 aliphatic heterocycles. The number of rotatable bonds is 5. The number of benzene rings is 1. The lowest BCUT2D eigenvalue weighted by atomic mass is 10.2. The zero-order valence-electron chi connectivity index (χ0n) is 16.0. The quantitative estimate of drug-likeness (QED) is 0.772. The molecular formula is C19H21F3N6O2. The maximum atomic E-state index is 12.5. The first-order valence-corrected chi connectivity index (χ1v) is 9.35. The molecule has 0 radical (unpaired) electrons. The van der Waals surface area contributed by atoms with Gasteiger partial charge in [0.2, 0.25) is 11.9 Å². The lowest BCUT2D eigenvalue weighted by molar-refractivity contribution is -0.137. The number of hydrogen-bond acceptors (Lipinski definition) is 5. The molecule has 30 heavy (non-hydrogen) atoms. The number of carbonyl (C=O) groups is 2. The minimum Gasteiger partial charge on any atom is -0.339 e. The highest BCUT2D eigenvalue weighted by atomic mass is 19.4. The molecule has 1 aromatic heterocycles. The van der Waals surface area contributed by atoms with Gasteiger partial charge >= 0.3 is 12.2 Å². The number of alkyl halides is 3. The van der Waals surface area contributed by atoms with E-state index >= 15 is 0 Å². The summed E-state index contributed by atoms with van der Waals surface area (Å²) in [5.41, 5.74) is -0.566. The number of hydrogen-bond donors (Lipinski definition) is 2. The van der Waals surface area contributed by atoms with E-state index in [1.165, 1.54) is 12.1 Å². The van der Waals surface area contributed by atoms with Crippen LogP contribution < -0.4 is 15.5 Å². The van der Waals surface area contributed by atoms with Crippen molar-refractivity contribution in [2.45, 2.75) is 12.6 Å². The SMILES string of the molecule is O=C(NCCC(=O)N1CCN(c2ncccn2)CC1)Nc1ccc(C(F)(F)F)cc1. The zero-order chi connectivity index (χ0) is 21.6. The van der Waals surface area contributed by atoms with E-state index in [0.717, 1.165) is 12.1 Å². The molecule has 8 nitrogen and oxygen atoms in total. The molecule has 3 rings (SSSR count). The topological polar surface area (TPSA) is 90.5 Å². The number of amides is 3. The molecule has 3 amide bonds. The molecule has 1 aliphatic rings. The van der Waals surface area contributed by atoms with Gasteiger partial charge in [0.25, 0.3) is 0 Å². The highest BCUT2D eigenvalue weighted by Crippen LogP contribution is 2.29. The van der Waals surface area contributed by atoms with Gasteiger partial charge in [-0.2, -0.15) is 13.2 Å². The van der Waals surface area contributed by atoms with E-state index in [1.54, 1.807) is 23.4 Å². The van der Waals surface area contributed by atoms with E-state index in [0.29, 0.717) is 32.1 Å². The molecule has 0 spiro atoms. The third-order valence-electron chi connectivity index (χ3n) is 4.56. The molecule has 2 aromatic rings. The smallest absolute Gasteiger partial charge is 0.339 e. The Labute approximate surface area is 171 Å². The van der Waals surface area contributed by atoms with Crippen molar-refractivity contribution in [2.24, 2.45) is 0 Å². The monoisotopic (exact) mass is 422 g/mol. The molecule has 1 aromatic carbocycles. The third kappa shape index (κ3) is 5.82. The van der Waals surface area contributed by atoms with Crippen molar-refractivity contribution in [3.8, 4) is 0 Å². The first-order chi connectivity index (χ1) is 14.3. The van der Waals surface area contributed by atoms with E-state index in [4.69, 9.17) is 0 Å². The lowest BCUT2D eigenvalue weighted by Gasteiger charge is -2.34. The van der Waals surface area contributed by atoms with E-state index in [2.05, 4.69) is 20.6 Å². The summed E-state index contributed by atoms with van der Waals surface area (Å²) >= 11 is 0. The van der Waals surface area contributed by atoms with E-state index in [-0.39, 0.29) is 24.6 Å². The Bertz CT molecular complexity index is 853. The number of urea groups is 1. The molecule has 160 valence electrons. The minimum atomic E-state index is -4.43. The zero-order valence-corrected chi connectivity index (χ0v) is 16.0. The van der Waals surface area contributed by atoms with E-state index in [9.17, 15) is 22.8 Å². The van der Waals surface area contributed by atoms with Crippen LogP contribution in [0.15, 0.2) is 42.7 Å². The normalized spacial score (nSPS) is 14.4. The van der Waals surface area contributed by atoms with Crippen molar-refractivity contribution >= 4 is 23.6 Å². The van der Waals surface area contributed by atoms with Crippen LogP contribution in [0.25, 0.3) is 0 Å². The standard InChI is InChI=1S/C19H21F3N6O2/c20-19(21,22)14-2-4-15(5-3-14)26-18(30)25-9-6-16(29)27-10-12-28(13-11-27)17-23-7-1-8-24-17/h1-5,7-8H,6,9-13H2,(H2,25,26,30). The van der Waals surface area contributed by atoms with Crippen LogP contribution in [0.1, 0.15) is 12.0 Å². The van der Waals surface area contributed by atoms with Gasteiger partial charge in [-0.25, -0.2) is 14.8 Å². The molecule has 0 atom stereocenters. The molecule has 11 heteroatoms. The number of piperazine rings is 1. The van der Waals surface area contributed by atoms with Crippen LogP contribution in [0.5, 0.6) is 0 Å². The first kappa shape index (κ1) is 21.3. The van der Waals surface area contributed by atoms with Gasteiger partial charge in [0, 0.05) is 57.2 Å². The summed E-state index contributed by atoms with van der Waals surface area (Å²) in [7, 11) is 0. The molecule has 0 bridgehead atoms. The van der Waals surface area contributed by atoms with Crippen molar-refractivity contribution in [3.05, 3.63) is 48.3 Å². The fraction of sp³-hybridized carbons (Fsp3) is 0.368. The van der Waals surface area contributed by atoms with E-state index in [1.807, 2.05) is 4.90 Å². The number of anilines is 2. The number of halogens is 3. The fourth-order valence-corrected chi connectivity index (χ4v) is 2.97. The van der Waals surface area contributed by atoms with Crippen molar-refractivity contribution in [2.75, 3.05) is 42.9 Å². The predicted molar refractivity (Wildman–Crippen MR) is 104 cm³/mol. The van der Waals surface area contributed by atoms with E-state index < -0.39 is 17.8 Å². The Hall–Kier alpha value is -3.37. The van der Waals surface area contributed by atoms with Gasteiger partial charge in [-0.15, -0.1) is 0 Å². The molecule has 1 saturated heterocycles. The summed E-state index contributed by atoms with van der Waals surface area (Å²) in [6, 6.07) is 5.27. The third-order valence-corrected chi connectivity index (χ3v) is 4.56. The highest BCUT2D eigenvalue weighted by Gasteiger charge is 2.30. The van der Waals surface area contributed by atoms with Crippen LogP contribution in [0.2, 0.25) is 0 Å². The second kappa shape index (κ2) is 9.42. The van der Waals surface area contributed by atoms with Gasteiger partial charge in [0.1, 0.15) is 0 Å². The maximum absolute atomic E-state index is 12.5. The van der Waals surface area contributed by atoms with Crippen molar-refractivity contribution in [1.82, 2.24) is 20.2 Å². The van der Waals surface area contributed by atoms with Gasteiger partial charge in [-0.1, -0.05) is 0 Å². The molecule has 2 heterocycles. The second-order valence-corrected chi connectivity index (χ2v) is 6.62. The lowest BCUT2D eigenvalue weighted by Crippen LogP contribution is -2.49.